The fraction of sp³-hybridized carbons (Fsp3) is 0.750. The molecule has 1 unspecified atom stereocenters. The largest absolute Gasteiger partial charge is 0.377 e. The molecule has 0 heterocycles. The summed E-state index contributed by atoms with van der Waals surface area (Å²) in [6.45, 7) is 8.16. The molecule has 0 aliphatic heterocycles. The molecule has 0 spiro atoms. The van der Waals surface area contributed by atoms with Crippen molar-refractivity contribution >= 4 is 5.78 Å². The monoisotopic (exact) mass is 198 g/mol. The van der Waals surface area contributed by atoms with Crippen LogP contribution in [-0.4, -0.2) is 19.0 Å². The molecule has 0 aromatic rings. The summed E-state index contributed by atoms with van der Waals surface area (Å²) >= 11 is 0. The minimum absolute atomic E-state index is 0.0677. The van der Waals surface area contributed by atoms with E-state index in [9.17, 15) is 4.79 Å². The Morgan fingerprint density at radius 1 is 1.43 bits per heavy atom. The Morgan fingerprint density at radius 2 is 2.00 bits per heavy atom. The summed E-state index contributed by atoms with van der Waals surface area (Å²) < 4.78 is 5.26. The zero-order valence-electron chi connectivity index (χ0n) is 9.96. The van der Waals surface area contributed by atoms with Crippen LogP contribution in [0.2, 0.25) is 0 Å². The summed E-state index contributed by atoms with van der Waals surface area (Å²) in [6.07, 6.45) is 5.54. The number of rotatable bonds is 5. The number of methoxy groups -OCH3 is 1. The molecule has 0 aromatic carbocycles. The highest BCUT2D eigenvalue weighted by Gasteiger charge is 2.13. The van der Waals surface area contributed by atoms with Crippen LogP contribution in [-0.2, 0) is 9.53 Å². The van der Waals surface area contributed by atoms with E-state index in [0.717, 1.165) is 12.8 Å². The molecule has 0 saturated carbocycles. The van der Waals surface area contributed by atoms with Gasteiger partial charge in [-0.2, -0.15) is 0 Å². The zero-order chi connectivity index (χ0) is 11.2. The molecule has 0 N–H and O–H groups in total. The van der Waals surface area contributed by atoms with Crippen molar-refractivity contribution < 1.29 is 9.53 Å². The lowest BCUT2D eigenvalue weighted by molar-refractivity contribution is -0.112. The third-order valence-electron chi connectivity index (χ3n) is 2.03. The van der Waals surface area contributed by atoms with Gasteiger partial charge in [0.2, 0.25) is 0 Å². The van der Waals surface area contributed by atoms with Crippen molar-refractivity contribution in [1.29, 1.82) is 0 Å². The average molecular weight is 198 g/mol. The normalized spacial score (nSPS) is 14.6. The first-order valence-electron chi connectivity index (χ1n) is 5.07. The van der Waals surface area contributed by atoms with Crippen LogP contribution in [0.5, 0.6) is 0 Å². The van der Waals surface area contributed by atoms with Crippen molar-refractivity contribution in [1.82, 2.24) is 0 Å². The Balaban J connectivity index is 3.98. The average Bonchev–Trinajstić information content (AvgIpc) is 2.02. The number of hydrogen-bond donors (Lipinski definition) is 0. The molecule has 2 heteroatoms. The lowest BCUT2D eigenvalue weighted by atomic mass is 9.89. The molecular formula is C12H22O2. The van der Waals surface area contributed by atoms with Crippen LogP contribution in [0.4, 0.5) is 0 Å². The molecule has 0 saturated heterocycles. The fourth-order valence-corrected chi connectivity index (χ4v) is 1.11. The molecule has 0 aliphatic carbocycles. The number of allylic oxidation sites excluding steroid dienone is 1. The van der Waals surface area contributed by atoms with E-state index in [1.54, 1.807) is 20.1 Å². The highest BCUT2D eigenvalue weighted by Crippen LogP contribution is 2.22. The summed E-state index contributed by atoms with van der Waals surface area (Å²) in [7, 11) is 1.68. The molecule has 0 aliphatic rings. The minimum atomic E-state index is 0.0677. The van der Waals surface area contributed by atoms with E-state index >= 15 is 0 Å². The van der Waals surface area contributed by atoms with E-state index in [-0.39, 0.29) is 11.9 Å². The van der Waals surface area contributed by atoms with E-state index in [1.165, 1.54) is 0 Å². The van der Waals surface area contributed by atoms with Gasteiger partial charge < -0.3 is 4.74 Å². The Bertz CT molecular complexity index is 199. The summed E-state index contributed by atoms with van der Waals surface area (Å²) in [5.74, 6) is 0.0720. The number of hydrogen-bond acceptors (Lipinski definition) is 2. The maximum atomic E-state index is 10.7. The second-order valence-electron chi connectivity index (χ2n) is 4.84. The Hall–Kier alpha value is -0.630. The molecular weight excluding hydrogens is 176 g/mol. The molecule has 0 bridgehead atoms. The van der Waals surface area contributed by atoms with Crippen LogP contribution in [0, 0.1) is 5.41 Å². The van der Waals surface area contributed by atoms with Crippen LogP contribution >= 0.6 is 0 Å². The molecule has 0 rings (SSSR count). The lowest BCUT2D eigenvalue weighted by Gasteiger charge is -2.20. The summed E-state index contributed by atoms with van der Waals surface area (Å²) in [5.41, 5.74) is 0.320. The first-order chi connectivity index (χ1) is 6.35. The molecule has 14 heavy (non-hydrogen) atoms. The maximum Gasteiger partial charge on any atom is 0.152 e. The molecule has 0 fully saturated rings. The SMILES string of the molecule is COC(/C=C/C(C)=O)CCC(C)(C)C. The van der Waals surface area contributed by atoms with Gasteiger partial charge in [-0.3, -0.25) is 4.79 Å². The van der Waals surface area contributed by atoms with Gasteiger partial charge in [0.1, 0.15) is 0 Å². The van der Waals surface area contributed by atoms with Crippen molar-refractivity contribution in [3.05, 3.63) is 12.2 Å². The topological polar surface area (TPSA) is 26.3 Å². The van der Waals surface area contributed by atoms with E-state index in [2.05, 4.69) is 20.8 Å². The van der Waals surface area contributed by atoms with Crippen LogP contribution in [0.3, 0.4) is 0 Å². The van der Waals surface area contributed by atoms with Crippen molar-refractivity contribution in [2.75, 3.05) is 7.11 Å². The first kappa shape index (κ1) is 13.4. The quantitative estimate of drug-likeness (QED) is 0.635. The minimum Gasteiger partial charge on any atom is -0.377 e. The van der Waals surface area contributed by atoms with Gasteiger partial charge in [0.15, 0.2) is 5.78 Å². The highest BCUT2D eigenvalue weighted by molar-refractivity contribution is 5.87. The molecule has 2 nitrogen and oxygen atoms in total. The van der Waals surface area contributed by atoms with Gasteiger partial charge >= 0.3 is 0 Å². The Labute approximate surface area is 87.3 Å². The second-order valence-corrected chi connectivity index (χ2v) is 4.84. The van der Waals surface area contributed by atoms with Gasteiger partial charge in [0.05, 0.1) is 6.10 Å². The van der Waals surface area contributed by atoms with Gasteiger partial charge in [0.25, 0.3) is 0 Å². The van der Waals surface area contributed by atoms with E-state index in [0.29, 0.717) is 5.41 Å². The van der Waals surface area contributed by atoms with Gasteiger partial charge in [-0.1, -0.05) is 26.8 Å². The van der Waals surface area contributed by atoms with Crippen LogP contribution in [0.1, 0.15) is 40.5 Å². The molecule has 0 radical (unpaired) electrons. The molecule has 82 valence electrons. The van der Waals surface area contributed by atoms with Gasteiger partial charge in [-0.25, -0.2) is 0 Å². The van der Waals surface area contributed by atoms with Crippen LogP contribution in [0.15, 0.2) is 12.2 Å². The van der Waals surface area contributed by atoms with E-state index in [1.807, 2.05) is 6.08 Å². The van der Waals surface area contributed by atoms with Crippen LogP contribution < -0.4 is 0 Å². The van der Waals surface area contributed by atoms with E-state index in [4.69, 9.17) is 4.74 Å². The van der Waals surface area contributed by atoms with E-state index < -0.39 is 0 Å². The van der Waals surface area contributed by atoms with Crippen molar-refractivity contribution in [2.45, 2.75) is 46.6 Å². The predicted octanol–water partition coefficient (Wildman–Crippen LogP) is 2.97. The highest BCUT2D eigenvalue weighted by atomic mass is 16.5. The first-order valence-corrected chi connectivity index (χ1v) is 5.07. The number of carbonyl (C=O) groups is 1. The van der Waals surface area contributed by atoms with Gasteiger partial charge in [0, 0.05) is 7.11 Å². The number of ketones is 1. The fourth-order valence-electron chi connectivity index (χ4n) is 1.11. The third-order valence-corrected chi connectivity index (χ3v) is 2.03. The van der Waals surface area contributed by atoms with Crippen molar-refractivity contribution in [3.63, 3.8) is 0 Å². The third kappa shape index (κ3) is 7.99. The summed E-state index contributed by atoms with van der Waals surface area (Å²) in [6, 6.07) is 0. The zero-order valence-corrected chi connectivity index (χ0v) is 9.96. The van der Waals surface area contributed by atoms with Crippen molar-refractivity contribution in [2.24, 2.45) is 5.41 Å². The van der Waals surface area contributed by atoms with Gasteiger partial charge in [-0.15, -0.1) is 0 Å². The predicted molar refractivity (Wildman–Crippen MR) is 59.3 cm³/mol. The number of ether oxygens (including phenoxy) is 1. The molecule has 0 amide bonds. The maximum absolute atomic E-state index is 10.7. The molecule has 0 aromatic heterocycles. The summed E-state index contributed by atoms with van der Waals surface area (Å²) in [4.78, 5) is 10.7. The number of carbonyl (C=O) groups excluding carboxylic acids is 1. The standard InChI is InChI=1S/C12H22O2/c1-10(13)6-7-11(14-5)8-9-12(2,3)4/h6-7,11H,8-9H2,1-5H3/b7-6+. The smallest absolute Gasteiger partial charge is 0.152 e. The van der Waals surface area contributed by atoms with Crippen molar-refractivity contribution in [3.8, 4) is 0 Å². The van der Waals surface area contributed by atoms with Gasteiger partial charge in [-0.05, 0) is 31.3 Å². The second kappa shape index (κ2) is 5.97. The molecule has 1 atom stereocenters. The summed E-state index contributed by atoms with van der Waals surface area (Å²) in [5, 5.41) is 0. The lowest BCUT2D eigenvalue weighted by Crippen LogP contribution is -2.13. The Kier molecular flexibility index (Phi) is 5.70. The van der Waals surface area contributed by atoms with Crippen LogP contribution in [0.25, 0.3) is 0 Å². The Morgan fingerprint density at radius 3 is 2.36 bits per heavy atom.